The molecule has 0 radical (unpaired) electrons. The molecule has 0 spiro atoms. The van der Waals surface area contributed by atoms with E-state index in [4.69, 9.17) is 13.8 Å². The lowest BCUT2D eigenvalue weighted by molar-refractivity contribution is 0.620. The molecule has 2 aromatic heterocycles. The highest BCUT2D eigenvalue weighted by molar-refractivity contribution is 6.09. The Morgan fingerprint density at radius 1 is 0.422 bits per heavy atom. The van der Waals surface area contributed by atoms with Crippen LogP contribution in [0.3, 0.4) is 0 Å². The Balaban J connectivity index is 1.13. The van der Waals surface area contributed by atoms with Crippen LogP contribution in [0.2, 0.25) is 0 Å². The minimum Gasteiger partial charge on any atom is -0.456 e. The summed E-state index contributed by atoms with van der Waals surface area (Å²) >= 11 is 0. The SMILES string of the molecule is c1ccc(-c2nc3cc4oc5cc(N(c6ccccc6)c6ccc(-c7cccc8ccccc78)cc6)ccc5c4cc3o2)cc1. The van der Waals surface area contributed by atoms with Gasteiger partial charge in [-0.3, -0.25) is 0 Å². The van der Waals surface area contributed by atoms with Crippen molar-refractivity contribution in [1.29, 1.82) is 0 Å². The highest BCUT2D eigenvalue weighted by Gasteiger charge is 2.17. The topological polar surface area (TPSA) is 42.4 Å². The van der Waals surface area contributed by atoms with Gasteiger partial charge in [0.1, 0.15) is 16.7 Å². The number of nitrogens with zero attached hydrogens (tertiary/aromatic N) is 2. The number of fused-ring (bicyclic) bond motifs is 5. The molecular weight excluding hydrogens is 552 g/mol. The van der Waals surface area contributed by atoms with Crippen molar-refractivity contribution in [2.75, 3.05) is 4.90 Å². The predicted octanol–water partition coefficient (Wildman–Crippen LogP) is 11.7. The molecule has 0 bridgehead atoms. The summed E-state index contributed by atoms with van der Waals surface area (Å²) in [5.41, 5.74) is 9.63. The van der Waals surface area contributed by atoms with E-state index in [1.165, 1.54) is 21.9 Å². The van der Waals surface area contributed by atoms with Crippen LogP contribution in [0.4, 0.5) is 17.1 Å². The van der Waals surface area contributed by atoms with E-state index >= 15 is 0 Å². The molecule has 0 aliphatic carbocycles. The molecule has 2 heterocycles. The third-order valence-corrected chi connectivity index (χ3v) is 8.48. The maximum atomic E-state index is 6.45. The zero-order chi connectivity index (χ0) is 29.7. The monoisotopic (exact) mass is 578 g/mol. The largest absolute Gasteiger partial charge is 0.456 e. The van der Waals surface area contributed by atoms with Crippen LogP contribution in [0, 0.1) is 0 Å². The summed E-state index contributed by atoms with van der Waals surface area (Å²) in [5, 5.41) is 4.53. The molecule has 0 atom stereocenters. The van der Waals surface area contributed by atoms with Crippen molar-refractivity contribution >= 4 is 60.9 Å². The Morgan fingerprint density at radius 3 is 1.96 bits per heavy atom. The summed E-state index contributed by atoms with van der Waals surface area (Å²) in [6, 6.07) is 54.6. The van der Waals surface area contributed by atoms with Crippen LogP contribution in [0.15, 0.2) is 167 Å². The number of furan rings is 1. The molecule has 0 aliphatic heterocycles. The lowest BCUT2D eigenvalue weighted by Gasteiger charge is -2.25. The molecule has 9 aromatic rings. The number of para-hydroxylation sites is 1. The summed E-state index contributed by atoms with van der Waals surface area (Å²) in [6.07, 6.45) is 0. The lowest BCUT2D eigenvalue weighted by atomic mass is 9.98. The van der Waals surface area contributed by atoms with Crippen molar-refractivity contribution in [1.82, 2.24) is 4.98 Å². The quantitative estimate of drug-likeness (QED) is 0.204. The van der Waals surface area contributed by atoms with Crippen molar-refractivity contribution in [3.63, 3.8) is 0 Å². The number of hydrogen-bond acceptors (Lipinski definition) is 4. The first-order chi connectivity index (χ1) is 22.3. The molecule has 7 aromatic carbocycles. The van der Waals surface area contributed by atoms with Crippen LogP contribution in [-0.2, 0) is 0 Å². The van der Waals surface area contributed by atoms with Gasteiger partial charge in [-0.15, -0.1) is 0 Å². The van der Waals surface area contributed by atoms with Gasteiger partial charge in [-0.1, -0.05) is 91.0 Å². The number of oxazole rings is 1. The van der Waals surface area contributed by atoms with Crippen LogP contribution in [-0.4, -0.2) is 4.98 Å². The van der Waals surface area contributed by atoms with Crippen LogP contribution in [0.25, 0.3) is 66.4 Å². The smallest absolute Gasteiger partial charge is 0.227 e. The van der Waals surface area contributed by atoms with Gasteiger partial charge in [0, 0.05) is 45.5 Å². The molecule has 0 N–H and O–H groups in total. The average Bonchev–Trinajstić information content (AvgIpc) is 3.68. The van der Waals surface area contributed by atoms with E-state index in [9.17, 15) is 0 Å². The second kappa shape index (κ2) is 10.2. The Morgan fingerprint density at radius 2 is 1.11 bits per heavy atom. The molecular formula is C41H26N2O2. The van der Waals surface area contributed by atoms with Crippen LogP contribution >= 0.6 is 0 Å². The van der Waals surface area contributed by atoms with Gasteiger partial charge in [0.15, 0.2) is 5.58 Å². The van der Waals surface area contributed by atoms with Crippen molar-refractivity contribution in [2.45, 2.75) is 0 Å². The molecule has 0 unspecified atom stereocenters. The second-order valence-electron chi connectivity index (χ2n) is 11.2. The van der Waals surface area contributed by atoms with Crippen LogP contribution in [0.5, 0.6) is 0 Å². The van der Waals surface area contributed by atoms with Gasteiger partial charge < -0.3 is 13.7 Å². The van der Waals surface area contributed by atoms with Gasteiger partial charge >= 0.3 is 0 Å². The van der Waals surface area contributed by atoms with Crippen LogP contribution < -0.4 is 4.90 Å². The third-order valence-electron chi connectivity index (χ3n) is 8.48. The molecule has 0 saturated heterocycles. The van der Waals surface area contributed by atoms with Crippen LogP contribution in [0.1, 0.15) is 0 Å². The fourth-order valence-electron chi connectivity index (χ4n) is 6.32. The zero-order valence-electron chi connectivity index (χ0n) is 24.2. The van der Waals surface area contributed by atoms with E-state index in [0.717, 1.165) is 55.7 Å². The number of aromatic nitrogens is 1. The van der Waals surface area contributed by atoms with Crippen molar-refractivity contribution < 1.29 is 8.83 Å². The summed E-state index contributed by atoms with van der Waals surface area (Å²) in [5.74, 6) is 0.606. The fourth-order valence-corrected chi connectivity index (χ4v) is 6.32. The first kappa shape index (κ1) is 25.4. The van der Waals surface area contributed by atoms with Gasteiger partial charge in [-0.2, -0.15) is 0 Å². The Labute approximate surface area is 259 Å². The first-order valence-electron chi connectivity index (χ1n) is 15.0. The maximum absolute atomic E-state index is 6.45. The van der Waals surface area contributed by atoms with E-state index in [0.29, 0.717) is 5.89 Å². The van der Waals surface area contributed by atoms with E-state index < -0.39 is 0 Å². The van der Waals surface area contributed by atoms with Gasteiger partial charge in [-0.25, -0.2) is 4.98 Å². The van der Waals surface area contributed by atoms with E-state index in [1.807, 2.05) is 48.5 Å². The van der Waals surface area contributed by atoms with E-state index in [2.05, 4.69) is 114 Å². The molecule has 4 heteroatoms. The molecule has 212 valence electrons. The standard InChI is InChI=1S/C41H26N2O2/c1-3-11-29(12-4-1)41-42-37-26-39-36(25-40(37)45-41)35-23-22-32(24-38(35)44-39)43(30-14-5-2-6-15-30)31-20-18-28(19-21-31)34-17-9-13-27-10-7-8-16-33(27)34/h1-26H. The number of rotatable bonds is 5. The van der Waals surface area contributed by atoms with Gasteiger partial charge in [0.25, 0.3) is 0 Å². The van der Waals surface area contributed by atoms with Crippen molar-refractivity contribution in [2.24, 2.45) is 0 Å². The molecule has 9 rings (SSSR count). The Kier molecular flexibility index (Phi) is 5.78. The maximum Gasteiger partial charge on any atom is 0.227 e. The highest BCUT2D eigenvalue weighted by Crippen LogP contribution is 2.40. The second-order valence-corrected chi connectivity index (χ2v) is 11.2. The number of benzene rings is 7. The molecule has 45 heavy (non-hydrogen) atoms. The van der Waals surface area contributed by atoms with Gasteiger partial charge in [0.05, 0.1) is 0 Å². The molecule has 0 amide bonds. The summed E-state index contributed by atoms with van der Waals surface area (Å²) < 4.78 is 12.6. The average molecular weight is 579 g/mol. The third kappa shape index (κ3) is 4.35. The normalized spacial score (nSPS) is 11.6. The molecule has 4 nitrogen and oxygen atoms in total. The number of hydrogen-bond donors (Lipinski definition) is 0. The van der Waals surface area contributed by atoms with E-state index in [-0.39, 0.29) is 0 Å². The molecule has 0 fully saturated rings. The highest BCUT2D eigenvalue weighted by atomic mass is 16.4. The minimum atomic E-state index is 0.606. The number of anilines is 3. The Bertz CT molecular complexity index is 2470. The van der Waals surface area contributed by atoms with Gasteiger partial charge in [-0.05, 0) is 76.5 Å². The van der Waals surface area contributed by atoms with Crippen molar-refractivity contribution in [3.8, 4) is 22.6 Å². The molecule has 0 aliphatic rings. The molecule has 0 saturated carbocycles. The fraction of sp³-hybridized carbons (Fsp3) is 0. The first-order valence-corrected chi connectivity index (χ1v) is 15.0. The summed E-state index contributed by atoms with van der Waals surface area (Å²) in [4.78, 5) is 7.00. The summed E-state index contributed by atoms with van der Waals surface area (Å²) in [7, 11) is 0. The van der Waals surface area contributed by atoms with Gasteiger partial charge in [0.2, 0.25) is 5.89 Å². The van der Waals surface area contributed by atoms with Crippen molar-refractivity contribution in [3.05, 3.63) is 158 Å². The minimum absolute atomic E-state index is 0.606. The predicted molar refractivity (Wildman–Crippen MR) is 184 cm³/mol. The van der Waals surface area contributed by atoms with E-state index in [1.54, 1.807) is 0 Å². The zero-order valence-corrected chi connectivity index (χ0v) is 24.2. The lowest BCUT2D eigenvalue weighted by Crippen LogP contribution is -2.09. The Hall–Kier alpha value is -6.13. The summed E-state index contributed by atoms with van der Waals surface area (Å²) in [6.45, 7) is 0.